The van der Waals surface area contributed by atoms with E-state index in [9.17, 15) is 22.8 Å². The minimum atomic E-state index is -5.05. The van der Waals surface area contributed by atoms with Crippen molar-refractivity contribution in [2.24, 2.45) is 0 Å². The molecular weight excluding hydrogens is 635 g/mol. The van der Waals surface area contributed by atoms with E-state index in [0.29, 0.717) is 24.2 Å². The van der Waals surface area contributed by atoms with Crippen molar-refractivity contribution in [1.82, 2.24) is 24.8 Å². The minimum absolute atomic E-state index is 0.0250. The largest absolute Gasteiger partial charge is 0.484 e. The van der Waals surface area contributed by atoms with Crippen LogP contribution in [0.1, 0.15) is 88.0 Å². The highest BCUT2D eigenvalue weighted by molar-refractivity contribution is 5.96. The fourth-order valence-electron chi connectivity index (χ4n) is 6.75. The third-order valence-electron chi connectivity index (χ3n) is 9.71. The molecule has 3 atom stereocenters. The smallest absolute Gasteiger partial charge is 0.471 e. The third kappa shape index (κ3) is 7.51. The molecule has 3 heterocycles. The van der Waals surface area contributed by atoms with Gasteiger partial charge in [0.25, 0.3) is 0 Å². The Morgan fingerprint density at radius 1 is 0.980 bits per heavy atom. The zero-order valence-corrected chi connectivity index (χ0v) is 28.3. The first-order valence-electron chi connectivity index (χ1n) is 16.5. The van der Waals surface area contributed by atoms with E-state index in [0.717, 1.165) is 48.4 Å². The highest BCUT2D eigenvalue weighted by Gasteiger charge is 2.39. The molecule has 0 unspecified atom stereocenters. The van der Waals surface area contributed by atoms with Crippen LogP contribution in [0.15, 0.2) is 60.8 Å². The molecule has 1 saturated heterocycles. The molecule has 2 aromatic heterocycles. The number of anilines is 2. The normalized spacial score (nSPS) is 21.3. The third-order valence-corrected chi connectivity index (χ3v) is 9.71. The molecule has 1 aliphatic heterocycles. The highest BCUT2D eigenvalue weighted by atomic mass is 19.4. The van der Waals surface area contributed by atoms with Gasteiger partial charge in [0, 0.05) is 23.3 Å². The number of likely N-dealkylation sites (tertiary alicyclic amines) is 1. The van der Waals surface area contributed by atoms with Crippen molar-refractivity contribution in [3.8, 4) is 5.75 Å². The minimum Gasteiger partial charge on any atom is -0.484 e. The Labute approximate surface area is 283 Å². The van der Waals surface area contributed by atoms with Gasteiger partial charge in [0.15, 0.2) is 5.65 Å². The molecule has 260 valence electrons. The number of hydrogen-bond acceptors (Lipinski definition) is 6. The van der Waals surface area contributed by atoms with Crippen LogP contribution in [0.2, 0.25) is 0 Å². The van der Waals surface area contributed by atoms with Crippen molar-refractivity contribution < 1.29 is 27.5 Å². The van der Waals surface area contributed by atoms with Crippen LogP contribution in [-0.4, -0.2) is 56.7 Å². The number of ether oxygens (including phenoxy) is 1. The number of fused-ring (bicyclic) bond motifs is 2. The Balaban J connectivity index is 1.17. The van der Waals surface area contributed by atoms with Gasteiger partial charge in [-0.2, -0.15) is 13.2 Å². The van der Waals surface area contributed by atoms with Crippen molar-refractivity contribution in [2.75, 3.05) is 24.2 Å². The summed E-state index contributed by atoms with van der Waals surface area (Å²) in [5.41, 5.74) is 3.02. The molecule has 3 amide bonds. The molecule has 1 fully saturated rings. The molecule has 2 aliphatic rings. The number of hydrogen-bond donors (Lipinski definition) is 3. The van der Waals surface area contributed by atoms with Crippen molar-refractivity contribution in [2.45, 2.75) is 89.1 Å². The summed E-state index contributed by atoms with van der Waals surface area (Å²) in [6.07, 6.45) is 0.908. The van der Waals surface area contributed by atoms with E-state index >= 15 is 0 Å². The van der Waals surface area contributed by atoms with Crippen LogP contribution in [0.5, 0.6) is 5.75 Å². The number of likely N-dealkylation sites (N-methyl/N-ethyl adjacent to an activating group) is 1. The van der Waals surface area contributed by atoms with E-state index in [1.165, 1.54) is 12.1 Å². The number of benzene rings is 2. The van der Waals surface area contributed by atoms with Gasteiger partial charge in [0.1, 0.15) is 17.7 Å². The summed E-state index contributed by atoms with van der Waals surface area (Å²) >= 11 is 0. The van der Waals surface area contributed by atoms with Gasteiger partial charge in [-0.3, -0.25) is 9.20 Å². The fourth-order valence-corrected chi connectivity index (χ4v) is 6.75. The number of carbonyl (C=O) groups is 2. The Kier molecular flexibility index (Phi) is 9.08. The van der Waals surface area contributed by atoms with Gasteiger partial charge in [-0.05, 0) is 98.6 Å². The Morgan fingerprint density at radius 3 is 2.37 bits per heavy atom. The van der Waals surface area contributed by atoms with Gasteiger partial charge in [-0.1, -0.05) is 45.0 Å². The number of rotatable bonds is 7. The average Bonchev–Trinajstić information content (AvgIpc) is 3.58. The summed E-state index contributed by atoms with van der Waals surface area (Å²) in [7, 11) is 2.15. The summed E-state index contributed by atoms with van der Waals surface area (Å²) in [4.78, 5) is 27.3. The number of nitrogens with one attached hydrogen (secondary N) is 3. The SMILES string of the molecule is CN1CCC[C@@]1(C)Cc1nnc2ccc(O[C@@H]3CC[C@H](NC(=O)Nc4cc(NC(=O)C(F)(F)F)cc(C(C)(C)C)c4)c4ccccc43)cn12. The molecule has 0 radical (unpaired) electrons. The molecular formula is C36H42F3N7O3. The summed E-state index contributed by atoms with van der Waals surface area (Å²) in [6.45, 7) is 8.99. The van der Waals surface area contributed by atoms with E-state index in [4.69, 9.17) is 4.74 Å². The number of carbonyl (C=O) groups excluding carboxylic acids is 2. The lowest BCUT2D eigenvalue weighted by Crippen LogP contribution is -2.40. The van der Waals surface area contributed by atoms with E-state index in [-0.39, 0.29) is 29.1 Å². The van der Waals surface area contributed by atoms with Crippen LogP contribution in [0, 0.1) is 0 Å². The first-order valence-corrected chi connectivity index (χ1v) is 16.5. The van der Waals surface area contributed by atoms with E-state index in [2.05, 4.69) is 39.7 Å². The summed E-state index contributed by atoms with van der Waals surface area (Å²) in [5.74, 6) is -0.508. The fraction of sp³-hybridized carbons (Fsp3) is 0.444. The molecule has 6 rings (SSSR count). The van der Waals surface area contributed by atoms with E-state index < -0.39 is 23.5 Å². The molecule has 13 heteroatoms. The first-order chi connectivity index (χ1) is 23.1. The predicted octanol–water partition coefficient (Wildman–Crippen LogP) is 7.33. The Bertz CT molecular complexity index is 1870. The molecule has 1 aliphatic carbocycles. The molecule has 0 bridgehead atoms. The molecule has 3 N–H and O–H groups in total. The zero-order chi connectivity index (χ0) is 35.1. The van der Waals surface area contributed by atoms with Crippen LogP contribution in [0.25, 0.3) is 5.65 Å². The molecule has 49 heavy (non-hydrogen) atoms. The second-order valence-electron chi connectivity index (χ2n) is 14.4. The number of amides is 3. The zero-order valence-electron chi connectivity index (χ0n) is 28.3. The van der Waals surface area contributed by atoms with Gasteiger partial charge in [0.05, 0.1) is 12.2 Å². The number of pyridine rings is 1. The summed E-state index contributed by atoms with van der Waals surface area (Å²) in [5, 5.41) is 16.6. The second kappa shape index (κ2) is 13.0. The Morgan fingerprint density at radius 2 is 1.69 bits per heavy atom. The standard InChI is InChI=1S/C36H42F3N7O3/c1-34(2,3)22-17-23(40-32(47)36(37,38)39)19-24(18-22)41-33(48)42-28-12-13-29(27-10-7-6-9-26(27)28)49-25-11-14-30-43-44-31(46(30)21-25)20-35(4)15-8-16-45(35)5/h6-7,9-11,14,17-19,21,28-29H,8,12-13,15-16,20H2,1-5H3,(H,40,47)(H2,41,42,48)/t28-,29+,35-/m0/s1. The quantitative estimate of drug-likeness (QED) is 0.189. The molecule has 2 aromatic carbocycles. The van der Waals surface area contributed by atoms with Crippen molar-refractivity contribution in [3.63, 3.8) is 0 Å². The lowest BCUT2D eigenvalue weighted by Gasteiger charge is -2.32. The highest BCUT2D eigenvalue weighted by Crippen LogP contribution is 2.39. The van der Waals surface area contributed by atoms with E-state index in [1.807, 2.05) is 73.1 Å². The van der Waals surface area contributed by atoms with Crippen molar-refractivity contribution in [1.29, 1.82) is 0 Å². The number of aromatic nitrogens is 3. The maximum atomic E-state index is 13.3. The van der Waals surface area contributed by atoms with Crippen LogP contribution < -0.4 is 20.7 Å². The van der Waals surface area contributed by atoms with Crippen molar-refractivity contribution in [3.05, 3.63) is 83.3 Å². The van der Waals surface area contributed by atoms with E-state index in [1.54, 1.807) is 6.07 Å². The lowest BCUT2D eigenvalue weighted by atomic mass is 9.85. The van der Waals surface area contributed by atoms with Gasteiger partial charge in [0.2, 0.25) is 0 Å². The number of nitrogens with zero attached hydrogens (tertiary/aromatic N) is 4. The van der Waals surface area contributed by atoms with Crippen LogP contribution >= 0.6 is 0 Å². The number of alkyl halides is 3. The maximum absolute atomic E-state index is 13.3. The summed E-state index contributed by atoms with van der Waals surface area (Å²) in [6, 6.07) is 15.2. The average molecular weight is 678 g/mol. The molecule has 0 spiro atoms. The maximum Gasteiger partial charge on any atom is 0.471 e. The molecule has 4 aromatic rings. The monoisotopic (exact) mass is 677 g/mol. The van der Waals surface area contributed by atoms with Gasteiger partial charge < -0.3 is 25.6 Å². The molecule has 10 nitrogen and oxygen atoms in total. The van der Waals surface area contributed by atoms with Gasteiger partial charge in [-0.15, -0.1) is 10.2 Å². The predicted molar refractivity (Wildman–Crippen MR) is 181 cm³/mol. The first kappa shape index (κ1) is 34.2. The number of urea groups is 1. The van der Waals surface area contributed by atoms with Gasteiger partial charge >= 0.3 is 18.1 Å². The molecule has 0 saturated carbocycles. The lowest BCUT2D eigenvalue weighted by molar-refractivity contribution is -0.167. The second-order valence-corrected chi connectivity index (χ2v) is 14.4. The number of halogens is 3. The van der Waals surface area contributed by atoms with Crippen LogP contribution in [-0.2, 0) is 16.6 Å². The summed E-state index contributed by atoms with van der Waals surface area (Å²) < 4.78 is 47.4. The van der Waals surface area contributed by atoms with Gasteiger partial charge in [-0.25, -0.2) is 4.79 Å². The topological polar surface area (TPSA) is 113 Å². The Hall–Kier alpha value is -4.65. The van der Waals surface area contributed by atoms with Crippen LogP contribution in [0.3, 0.4) is 0 Å². The van der Waals surface area contributed by atoms with Crippen molar-refractivity contribution >= 4 is 29.0 Å². The van der Waals surface area contributed by atoms with Crippen LogP contribution in [0.4, 0.5) is 29.3 Å².